The molecule has 5 heteroatoms. The van der Waals surface area contributed by atoms with Crippen LogP contribution < -0.4 is 10.2 Å². The van der Waals surface area contributed by atoms with Gasteiger partial charge in [-0.1, -0.05) is 31.2 Å². The molecule has 0 spiro atoms. The lowest BCUT2D eigenvalue weighted by Gasteiger charge is -2.33. The zero-order chi connectivity index (χ0) is 21.8. The van der Waals surface area contributed by atoms with Gasteiger partial charge in [-0.2, -0.15) is 0 Å². The van der Waals surface area contributed by atoms with Crippen LogP contribution >= 0.6 is 0 Å². The average Bonchev–Trinajstić information content (AvgIpc) is 3.18. The summed E-state index contributed by atoms with van der Waals surface area (Å²) in [5, 5.41) is 3.10. The summed E-state index contributed by atoms with van der Waals surface area (Å²) in [5.41, 5.74) is 4.07. The molecule has 2 aromatic rings. The second-order valence-electron chi connectivity index (χ2n) is 9.10. The predicted molar refractivity (Wildman–Crippen MR) is 124 cm³/mol. The summed E-state index contributed by atoms with van der Waals surface area (Å²) in [7, 11) is 0. The van der Waals surface area contributed by atoms with Gasteiger partial charge in [0.25, 0.3) is 5.91 Å². The molecule has 2 fully saturated rings. The van der Waals surface area contributed by atoms with Gasteiger partial charge >= 0.3 is 0 Å². The maximum absolute atomic E-state index is 12.7. The third-order valence-corrected chi connectivity index (χ3v) is 6.52. The molecule has 2 heterocycles. The summed E-state index contributed by atoms with van der Waals surface area (Å²) < 4.78 is 0. The second kappa shape index (κ2) is 9.54. The molecule has 4 rings (SSSR count). The topological polar surface area (TPSA) is 52.7 Å². The van der Waals surface area contributed by atoms with Crippen LogP contribution in [0.3, 0.4) is 0 Å². The Morgan fingerprint density at radius 3 is 2.45 bits per heavy atom. The van der Waals surface area contributed by atoms with Gasteiger partial charge in [0.2, 0.25) is 5.91 Å². The first-order valence-electron chi connectivity index (χ1n) is 11.5. The zero-order valence-electron chi connectivity index (χ0n) is 18.6. The Morgan fingerprint density at radius 1 is 1.06 bits per heavy atom. The number of hydrogen-bond acceptors (Lipinski definition) is 3. The fraction of sp³-hybridized carbons (Fsp3) is 0.462. The quantitative estimate of drug-likeness (QED) is 0.748. The minimum Gasteiger partial charge on any atom is -0.371 e. The number of likely N-dealkylation sites (tertiary alicyclic amines) is 1. The molecule has 0 aliphatic carbocycles. The van der Waals surface area contributed by atoms with Crippen LogP contribution in [0.25, 0.3) is 0 Å². The number of piperidine rings is 1. The highest BCUT2D eigenvalue weighted by Crippen LogP contribution is 2.25. The summed E-state index contributed by atoms with van der Waals surface area (Å²) >= 11 is 0. The highest BCUT2D eigenvalue weighted by molar-refractivity contribution is 5.94. The van der Waals surface area contributed by atoms with Crippen molar-refractivity contribution in [2.75, 3.05) is 24.5 Å². The number of carbonyl (C=O) groups is 2. The molecular weight excluding hydrogens is 386 g/mol. The van der Waals surface area contributed by atoms with Gasteiger partial charge in [0.15, 0.2) is 0 Å². The molecule has 2 saturated heterocycles. The van der Waals surface area contributed by atoms with Crippen molar-refractivity contribution in [3.8, 4) is 0 Å². The standard InChI is InChI=1S/C26H33N3O2/c1-19-5-3-15-28(17-19)24-13-11-22(12-14-24)20(2)27-26(31)23-9-7-21(8-10-23)18-29-16-4-6-25(29)30/h7-14,19-20H,3-6,15-18H2,1-2H3,(H,27,31)/t19-,20-/m1/s1. The number of anilines is 1. The Morgan fingerprint density at radius 2 is 1.81 bits per heavy atom. The number of rotatable bonds is 6. The van der Waals surface area contributed by atoms with Crippen molar-refractivity contribution in [2.45, 2.75) is 52.1 Å². The summed E-state index contributed by atoms with van der Waals surface area (Å²) in [5.74, 6) is 0.885. The van der Waals surface area contributed by atoms with Crippen molar-refractivity contribution in [3.63, 3.8) is 0 Å². The lowest BCUT2D eigenvalue weighted by molar-refractivity contribution is -0.128. The highest BCUT2D eigenvalue weighted by Gasteiger charge is 2.20. The van der Waals surface area contributed by atoms with E-state index in [0.717, 1.165) is 43.1 Å². The molecule has 2 amide bonds. The molecule has 2 atom stereocenters. The number of benzene rings is 2. The van der Waals surface area contributed by atoms with Crippen LogP contribution in [0.15, 0.2) is 48.5 Å². The average molecular weight is 420 g/mol. The lowest BCUT2D eigenvalue weighted by Crippen LogP contribution is -2.34. The van der Waals surface area contributed by atoms with Gasteiger partial charge < -0.3 is 15.1 Å². The molecule has 0 saturated carbocycles. The normalized spacial score (nSPS) is 20.1. The lowest BCUT2D eigenvalue weighted by atomic mass is 9.99. The summed E-state index contributed by atoms with van der Waals surface area (Å²) in [6.45, 7) is 8.03. The first-order chi connectivity index (χ1) is 15.0. The number of nitrogens with one attached hydrogen (secondary N) is 1. The van der Waals surface area contributed by atoms with E-state index in [2.05, 4.69) is 41.4 Å². The third kappa shape index (κ3) is 5.27. The minimum atomic E-state index is -0.0785. The van der Waals surface area contributed by atoms with E-state index >= 15 is 0 Å². The summed E-state index contributed by atoms with van der Waals surface area (Å²) in [6, 6.07) is 16.1. The predicted octanol–water partition coefficient (Wildman–Crippen LogP) is 4.54. The zero-order valence-corrected chi connectivity index (χ0v) is 18.6. The first-order valence-corrected chi connectivity index (χ1v) is 11.5. The molecular formula is C26H33N3O2. The van der Waals surface area contributed by atoms with E-state index in [4.69, 9.17) is 0 Å². The van der Waals surface area contributed by atoms with Gasteiger partial charge in [-0.05, 0) is 67.5 Å². The van der Waals surface area contributed by atoms with Crippen LogP contribution in [0.1, 0.15) is 67.1 Å². The van der Waals surface area contributed by atoms with Gasteiger partial charge in [-0.3, -0.25) is 9.59 Å². The molecule has 0 unspecified atom stereocenters. The molecule has 0 bridgehead atoms. The van der Waals surface area contributed by atoms with Gasteiger partial charge in [0, 0.05) is 43.9 Å². The van der Waals surface area contributed by atoms with Gasteiger partial charge in [-0.15, -0.1) is 0 Å². The van der Waals surface area contributed by atoms with Crippen LogP contribution in [0.5, 0.6) is 0 Å². The van der Waals surface area contributed by atoms with Crippen molar-refractivity contribution >= 4 is 17.5 Å². The number of hydrogen-bond donors (Lipinski definition) is 1. The van der Waals surface area contributed by atoms with E-state index in [1.54, 1.807) is 0 Å². The monoisotopic (exact) mass is 419 g/mol. The van der Waals surface area contributed by atoms with Crippen molar-refractivity contribution in [1.82, 2.24) is 10.2 Å². The van der Waals surface area contributed by atoms with E-state index in [9.17, 15) is 9.59 Å². The molecule has 164 valence electrons. The Kier molecular flexibility index (Phi) is 6.59. The smallest absolute Gasteiger partial charge is 0.251 e. The summed E-state index contributed by atoms with van der Waals surface area (Å²) in [6.07, 6.45) is 4.16. The van der Waals surface area contributed by atoms with Crippen molar-refractivity contribution in [3.05, 3.63) is 65.2 Å². The SMILES string of the molecule is C[C@@H]1CCCN(c2ccc([C@@H](C)NC(=O)c3ccc(CN4CCCC4=O)cc3)cc2)C1. The number of nitrogens with zero attached hydrogens (tertiary/aromatic N) is 2. The maximum atomic E-state index is 12.7. The molecule has 2 aromatic carbocycles. The van der Waals surface area contributed by atoms with E-state index in [1.807, 2.05) is 36.1 Å². The number of amides is 2. The number of carbonyl (C=O) groups excluding carboxylic acids is 2. The van der Waals surface area contributed by atoms with Crippen LogP contribution in [0, 0.1) is 5.92 Å². The Labute approximate surface area is 185 Å². The van der Waals surface area contributed by atoms with Gasteiger partial charge in [-0.25, -0.2) is 0 Å². The maximum Gasteiger partial charge on any atom is 0.251 e. The first kappa shape index (κ1) is 21.4. The van der Waals surface area contributed by atoms with Crippen LogP contribution in [0.2, 0.25) is 0 Å². The van der Waals surface area contributed by atoms with Crippen LogP contribution in [0.4, 0.5) is 5.69 Å². The Hall–Kier alpha value is -2.82. The van der Waals surface area contributed by atoms with Crippen molar-refractivity contribution in [1.29, 1.82) is 0 Å². The fourth-order valence-electron chi connectivity index (χ4n) is 4.61. The Balaban J connectivity index is 1.33. The molecule has 1 N–H and O–H groups in total. The van der Waals surface area contributed by atoms with E-state index in [0.29, 0.717) is 18.5 Å². The molecule has 0 aromatic heterocycles. The van der Waals surface area contributed by atoms with E-state index in [1.165, 1.54) is 18.5 Å². The fourth-order valence-corrected chi connectivity index (χ4v) is 4.61. The minimum absolute atomic E-state index is 0.0660. The van der Waals surface area contributed by atoms with E-state index < -0.39 is 0 Å². The second-order valence-corrected chi connectivity index (χ2v) is 9.10. The largest absolute Gasteiger partial charge is 0.371 e. The van der Waals surface area contributed by atoms with Gasteiger partial charge in [0.1, 0.15) is 0 Å². The van der Waals surface area contributed by atoms with Crippen LogP contribution in [-0.4, -0.2) is 36.3 Å². The highest BCUT2D eigenvalue weighted by atomic mass is 16.2. The van der Waals surface area contributed by atoms with E-state index in [-0.39, 0.29) is 17.9 Å². The van der Waals surface area contributed by atoms with Crippen LogP contribution in [-0.2, 0) is 11.3 Å². The van der Waals surface area contributed by atoms with Crippen molar-refractivity contribution < 1.29 is 9.59 Å². The molecule has 2 aliphatic heterocycles. The molecule has 5 nitrogen and oxygen atoms in total. The van der Waals surface area contributed by atoms with Gasteiger partial charge in [0.05, 0.1) is 6.04 Å². The molecule has 2 aliphatic rings. The molecule has 0 radical (unpaired) electrons. The summed E-state index contributed by atoms with van der Waals surface area (Å²) in [4.78, 5) is 28.8. The Bertz CT molecular complexity index is 907. The molecule has 31 heavy (non-hydrogen) atoms. The third-order valence-electron chi connectivity index (χ3n) is 6.52. The van der Waals surface area contributed by atoms with Crippen molar-refractivity contribution in [2.24, 2.45) is 5.92 Å².